The van der Waals surface area contributed by atoms with Gasteiger partial charge in [0.05, 0.1) is 0 Å². The van der Waals surface area contributed by atoms with Crippen molar-refractivity contribution in [2.24, 2.45) is 0 Å². The first-order valence-electron chi connectivity index (χ1n) is 9.05. The molecule has 1 N–H and O–H groups in total. The molecular formula is C22H27NO5. The van der Waals surface area contributed by atoms with Crippen LogP contribution < -0.4 is 10.1 Å². The van der Waals surface area contributed by atoms with E-state index in [4.69, 9.17) is 14.2 Å². The molecule has 1 amide bonds. The Morgan fingerprint density at radius 1 is 0.929 bits per heavy atom. The van der Waals surface area contributed by atoms with Crippen molar-refractivity contribution in [3.63, 3.8) is 0 Å². The molecule has 0 aromatic heterocycles. The van der Waals surface area contributed by atoms with Crippen LogP contribution in [0.1, 0.15) is 40.2 Å². The summed E-state index contributed by atoms with van der Waals surface area (Å²) in [5.41, 5.74) is -0.391. The van der Waals surface area contributed by atoms with Crippen molar-refractivity contribution in [1.29, 1.82) is 0 Å². The van der Waals surface area contributed by atoms with Gasteiger partial charge in [-0.25, -0.2) is 9.59 Å². The third kappa shape index (κ3) is 6.95. The number of hydrogen-bond acceptors (Lipinski definition) is 5. The van der Waals surface area contributed by atoms with Crippen LogP contribution in [-0.2, 0) is 20.9 Å². The summed E-state index contributed by atoms with van der Waals surface area (Å²) < 4.78 is 16.4. The van der Waals surface area contributed by atoms with E-state index in [9.17, 15) is 9.59 Å². The monoisotopic (exact) mass is 385 g/mol. The molecule has 6 nitrogen and oxygen atoms in total. The molecule has 0 heterocycles. The zero-order valence-corrected chi connectivity index (χ0v) is 16.9. The number of rotatable bonds is 6. The molecule has 0 aliphatic heterocycles. The average molecular weight is 385 g/mol. The number of hydrogen-bond donors (Lipinski definition) is 1. The topological polar surface area (TPSA) is 73.9 Å². The maximum absolute atomic E-state index is 12.4. The van der Waals surface area contributed by atoms with E-state index in [1.165, 1.54) is 0 Å². The van der Waals surface area contributed by atoms with Crippen molar-refractivity contribution in [3.05, 3.63) is 60.2 Å². The van der Waals surface area contributed by atoms with Crippen LogP contribution in [-0.4, -0.2) is 23.3 Å². The summed E-state index contributed by atoms with van der Waals surface area (Å²) in [6.45, 7) is 8.80. The first kappa shape index (κ1) is 21.3. The Labute approximate surface area is 165 Å². The molecular weight excluding hydrogens is 358 g/mol. The third-order valence-electron chi connectivity index (χ3n) is 3.56. The van der Waals surface area contributed by atoms with Gasteiger partial charge < -0.3 is 14.2 Å². The zero-order valence-electron chi connectivity index (χ0n) is 16.9. The average Bonchev–Trinajstić information content (AvgIpc) is 2.58. The van der Waals surface area contributed by atoms with Crippen LogP contribution in [0, 0.1) is 0 Å². The van der Waals surface area contributed by atoms with Crippen molar-refractivity contribution in [1.82, 2.24) is 0 Å². The summed E-state index contributed by atoms with van der Waals surface area (Å²) in [4.78, 5) is 24.3. The molecule has 2 rings (SSSR count). The fourth-order valence-electron chi connectivity index (χ4n) is 2.29. The standard InChI is InChI=1S/C22H27NO5/c1-21(2,3)28-20(25)23-17-12-9-13-18(14-17)27-22(4,5)19(24)26-15-16-10-7-6-8-11-16/h6-14H,15H2,1-5H3,(H,23,25). The maximum atomic E-state index is 12.4. The molecule has 0 saturated carbocycles. The Bertz CT molecular complexity index is 809. The van der Waals surface area contributed by atoms with Gasteiger partial charge in [-0.1, -0.05) is 36.4 Å². The van der Waals surface area contributed by atoms with Crippen LogP contribution in [0.25, 0.3) is 0 Å². The van der Waals surface area contributed by atoms with Crippen molar-refractivity contribution in [2.45, 2.75) is 52.4 Å². The number of esters is 1. The van der Waals surface area contributed by atoms with E-state index in [0.29, 0.717) is 11.4 Å². The SMILES string of the molecule is CC(C)(C)OC(=O)Nc1cccc(OC(C)(C)C(=O)OCc2ccccc2)c1. The minimum atomic E-state index is -1.20. The molecule has 0 unspecified atom stereocenters. The number of ether oxygens (including phenoxy) is 3. The van der Waals surface area contributed by atoms with E-state index in [-0.39, 0.29) is 6.61 Å². The number of carbonyl (C=O) groups is 2. The number of anilines is 1. The van der Waals surface area contributed by atoms with Crippen molar-refractivity contribution in [2.75, 3.05) is 5.32 Å². The number of carbonyl (C=O) groups excluding carboxylic acids is 2. The van der Waals surface area contributed by atoms with E-state index in [0.717, 1.165) is 5.56 Å². The second-order valence-corrected chi connectivity index (χ2v) is 7.83. The molecule has 0 aliphatic rings. The molecule has 0 fully saturated rings. The van der Waals surface area contributed by atoms with Crippen molar-refractivity contribution >= 4 is 17.7 Å². The van der Waals surface area contributed by atoms with Gasteiger partial charge in [-0.2, -0.15) is 0 Å². The van der Waals surface area contributed by atoms with Crippen LogP contribution in [0.2, 0.25) is 0 Å². The van der Waals surface area contributed by atoms with E-state index >= 15 is 0 Å². The normalized spacial score (nSPS) is 11.5. The predicted molar refractivity (Wildman–Crippen MR) is 107 cm³/mol. The molecule has 0 aliphatic carbocycles. The Morgan fingerprint density at radius 3 is 2.25 bits per heavy atom. The van der Waals surface area contributed by atoms with E-state index in [2.05, 4.69) is 5.32 Å². The van der Waals surface area contributed by atoms with Crippen LogP contribution in [0.4, 0.5) is 10.5 Å². The first-order valence-corrected chi connectivity index (χ1v) is 9.05. The van der Waals surface area contributed by atoms with Gasteiger partial charge in [-0.3, -0.25) is 5.32 Å². The molecule has 0 radical (unpaired) electrons. The molecule has 0 saturated heterocycles. The molecule has 150 valence electrons. The first-order chi connectivity index (χ1) is 13.0. The van der Waals surface area contributed by atoms with Gasteiger partial charge >= 0.3 is 12.1 Å². The number of nitrogens with one attached hydrogen (secondary N) is 1. The highest BCUT2D eigenvalue weighted by Gasteiger charge is 2.32. The largest absolute Gasteiger partial charge is 0.476 e. The molecule has 0 bridgehead atoms. The molecule has 0 spiro atoms. The lowest BCUT2D eigenvalue weighted by atomic mass is 10.1. The van der Waals surface area contributed by atoms with Gasteiger partial charge in [-0.05, 0) is 52.3 Å². The lowest BCUT2D eigenvalue weighted by molar-refractivity contribution is -0.160. The Kier molecular flexibility index (Phi) is 6.67. The summed E-state index contributed by atoms with van der Waals surface area (Å²) >= 11 is 0. The highest BCUT2D eigenvalue weighted by atomic mass is 16.6. The Morgan fingerprint density at radius 2 is 1.61 bits per heavy atom. The second-order valence-electron chi connectivity index (χ2n) is 7.83. The number of amides is 1. The van der Waals surface area contributed by atoms with Crippen LogP contribution >= 0.6 is 0 Å². The summed E-state index contributed by atoms with van der Waals surface area (Å²) in [7, 11) is 0. The van der Waals surface area contributed by atoms with E-state index < -0.39 is 23.3 Å². The molecule has 28 heavy (non-hydrogen) atoms. The number of benzene rings is 2. The summed E-state index contributed by atoms with van der Waals surface area (Å²) in [5, 5.41) is 2.64. The van der Waals surface area contributed by atoms with E-state index in [1.54, 1.807) is 58.9 Å². The van der Waals surface area contributed by atoms with Crippen LogP contribution in [0.3, 0.4) is 0 Å². The smallest absolute Gasteiger partial charge is 0.412 e. The summed E-state index contributed by atoms with van der Waals surface area (Å²) in [6, 6.07) is 16.2. The summed E-state index contributed by atoms with van der Waals surface area (Å²) in [6.07, 6.45) is -0.564. The molecule has 2 aromatic rings. The molecule has 6 heteroatoms. The fourth-order valence-corrected chi connectivity index (χ4v) is 2.29. The Balaban J connectivity index is 1.97. The Hall–Kier alpha value is -3.02. The van der Waals surface area contributed by atoms with Gasteiger partial charge in [0.25, 0.3) is 0 Å². The van der Waals surface area contributed by atoms with Gasteiger partial charge in [-0.15, -0.1) is 0 Å². The van der Waals surface area contributed by atoms with Gasteiger partial charge in [0.2, 0.25) is 0 Å². The van der Waals surface area contributed by atoms with Crippen molar-refractivity contribution < 1.29 is 23.8 Å². The predicted octanol–water partition coefficient (Wildman–Crippen LogP) is 4.93. The van der Waals surface area contributed by atoms with Crippen LogP contribution in [0.5, 0.6) is 5.75 Å². The minimum absolute atomic E-state index is 0.173. The van der Waals surface area contributed by atoms with Crippen molar-refractivity contribution in [3.8, 4) is 5.75 Å². The molecule has 0 atom stereocenters. The minimum Gasteiger partial charge on any atom is -0.476 e. The molecule has 2 aromatic carbocycles. The summed E-state index contributed by atoms with van der Waals surface area (Å²) in [5.74, 6) is -0.0583. The highest BCUT2D eigenvalue weighted by Crippen LogP contribution is 2.24. The quantitative estimate of drug-likeness (QED) is 0.714. The fraction of sp³-hybridized carbons (Fsp3) is 0.364. The lowest BCUT2D eigenvalue weighted by Crippen LogP contribution is -2.39. The zero-order chi connectivity index (χ0) is 20.8. The van der Waals surface area contributed by atoms with Gasteiger partial charge in [0.1, 0.15) is 18.0 Å². The third-order valence-corrected chi connectivity index (χ3v) is 3.56. The second kappa shape index (κ2) is 8.78. The highest BCUT2D eigenvalue weighted by molar-refractivity contribution is 5.85. The maximum Gasteiger partial charge on any atom is 0.412 e. The van der Waals surface area contributed by atoms with Crippen LogP contribution in [0.15, 0.2) is 54.6 Å². The van der Waals surface area contributed by atoms with E-state index in [1.807, 2.05) is 30.3 Å². The lowest BCUT2D eigenvalue weighted by Gasteiger charge is -2.25. The van der Waals surface area contributed by atoms with Gasteiger partial charge in [0.15, 0.2) is 5.60 Å². The van der Waals surface area contributed by atoms with Gasteiger partial charge in [0, 0.05) is 11.8 Å².